The minimum atomic E-state index is 0.0714. The summed E-state index contributed by atoms with van der Waals surface area (Å²) >= 11 is 0. The van der Waals surface area contributed by atoms with Crippen LogP contribution in [0.2, 0.25) is 0 Å². The first kappa shape index (κ1) is 13.0. The molecule has 1 unspecified atom stereocenters. The summed E-state index contributed by atoms with van der Waals surface area (Å²) in [5.74, 6) is 1.36. The fraction of sp³-hybridized carbons (Fsp3) is 0.438. The number of hydrogen-bond donors (Lipinski definition) is 0. The van der Waals surface area contributed by atoms with Gasteiger partial charge in [-0.15, -0.1) is 0 Å². The molecule has 1 aliphatic rings. The summed E-state index contributed by atoms with van der Waals surface area (Å²) in [6, 6.07) is 5.45. The smallest absolute Gasteiger partial charge is 0.254 e. The van der Waals surface area contributed by atoms with Crippen molar-refractivity contribution in [2.75, 3.05) is 0 Å². The van der Waals surface area contributed by atoms with Crippen LogP contribution in [-0.2, 0) is 6.54 Å². The molecule has 0 spiro atoms. The van der Waals surface area contributed by atoms with Crippen LogP contribution in [0, 0.1) is 0 Å². The van der Waals surface area contributed by atoms with Crippen molar-refractivity contribution in [2.45, 2.75) is 45.1 Å². The lowest BCUT2D eigenvalue weighted by Crippen LogP contribution is -2.25. The van der Waals surface area contributed by atoms with Gasteiger partial charge in [0.15, 0.2) is 0 Å². The molecule has 3 heterocycles. The maximum Gasteiger partial charge on any atom is 0.254 e. The first-order chi connectivity index (χ1) is 9.79. The largest absolute Gasteiger partial charge is 0.296 e. The average molecular weight is 269 g/mol. The maximum atomic E-state index is 12.4. The molecule has 0 aliphatic carbocycles. The van der Waals surface area contributed by atoms with Gasteiger partial charge in [0.25, 0.3) is 5.56 Å². The van der Waals surface area contributed by atoms with Gasteiger partial charge in [-0.1, -0.05) is 13.3 Å². The van der Waals surface area contributed by atoms with Gasteiger partial charge in [-0.2, -0.15) is 0 Å². The summed E-state index contributed by atoms with van der Waals surface area (Å²) in [6.07, 6.45) is 7.87. The highest BCUT2D eigenvalue weighted by Gasteiger charge is 2.20. The van der Waals surface area contributed by atoms with Crippen molar-refractivity contribution in [3.05, 3.63) is 46.8 Å². The van der Waals surface area contributed by atoms with Crippen molar-refractivity contribution >= 4 is 0 Å². The van der Waals surface area contributed by atoms with E-state index in [2.05, 4.69) is 11.9 Å². The second kappa shape index (κ2) is 5.57. The van der Waals surface area contributed by atoms with Gasteiger partial charge in [0.2, 0.25) is 0 Å². The molecule has 1 atom stereocenters. The zero-order chi connectivity index (χ0) is 13.9. The van der Waals surface area contributed by atoms with Crippen molar-refractivity contribution in [1.29, 1.82) is 0 Å². The highest BCUT2D eigenvalue weighted by molar-refractivity contribution is 5.57. The zero-order valence-electron chi connectivity index (χ0n) is 11.7. The minimum absolute atomic E-state index is 0.0714. The molecule has 0 fully saturated rings. The SMILES string of the molecule is CCC1CCCCn2c1nc(-c1ccncc1)cc2=O. The third-order valence-electron chi connectivity index (χ3n) is 4.06. The molecule has 0 N–H and O–H groups in total. The summed E-state index contributed by atoms with van der Waals surface area (Å²) in [4.78, 5) is 21.2. The number of nitrogens with zero attached hydrogens (tertiary/aromatic N) is 3. The van der Waals surface area contributed by atoms with Crippen molar-refractivity contribution in [3.63, 3.8) is 0 Å². The van der Waals surface area contributed by atoms with E-state index >= 15 is 0 Å². The van der Waals surface area contributed by atoms with Gasteiger partial charge in [0, 0.05) is 36.5 Å². The van der Waals surface area contributed by atoms with E-state index in [-0.39, 0.29) is 5.56 Å². The Labute approximate surface area is 118 Å². The molecule has 0 saturated heterocycles. The third kappa shape index (κ3) is 2.38. The lowest BCUT2D eigenvalue weighted by molar-refractivity contribution is 0.561. The van der Waals surface area contributed by atoms with E-state index in [1.807, 2.05) is 16.7 Å². The first-order valence-electron chi connectivity index (χ1n) is 7.31. The summed E-state index contributed by atoms with van der Waals surface area (Å²) in [5, 5.41) is 0. The van der Waals surface area contributed by atoms with Crippen LogP contribution in [0.1, 0.15) is 44.3 Å². The average Bonchev–Trinajstić information content (AvgIpc) is 2.70. The summed E-state index contributed by atoms with van der Waals surface area (Å²) < 4.78 is 1.87. The van der Waals surface area contributed by atoms with Crippen LogP contribution < -0.4 is 5.56 Å². The van der Waals surface area contributed by atoms with Gasteiger partial charge < -0.3 is 0 Å². The van der Waals surface area contributed by atoms with Gasteiger partial charge >= 0.3 is 0 Å². The molecule has 0 aromatic carbocycles. The lowest BCUT2D eigenvalue weighted by atomic mass is 9.99. The highest BCUT2D eigenvalue weighted by atomic mass is 16.1. The Balaban J connectivity index is 2.15. The molecule has 4 nitrogen and oxygen atoms in total. The molecule has 0 amide bonds. The molecular formula is C16H19N3O. The molecule has 104 valence electrons. The minimum Gasteiger partial charge on any atom is -0.296 e. The summed E-state index contributed by atoms with van der Waals surface area (Å²) in [7, 11) is 0. The van der Waals surface area contributed by atoms with E-state index < -0.39 is 0 Å². The van der Waals surface area contributed by atoms with Gasteiger partial charge in [0.05, 0.1) is 5.69 Å². The van der Waals surface area contributed by atoms with E-state index in [1.54, 1.807) is 18.5 Å². The number of hydrogen-bond acceptors (Lipinski definition) is 3. The summed E-state index contributed by atoms with van der Waals surface area (Å²) in [6.45, 7) is 2.97. The Morgan fingerprint density at radius 2 is 2.10 bits per heavy atom. The predicted octanol–water partition coefficient (Wildman–Crippen LogP) is 2.98. The highest BCUT2D eigenvalue weighted by Crippen LogP contribution is 2.28. The van der Waals surface area contributed by atoms with Crippen LogP contribution in [-0.4, -0.2) is 14.5 Å². The molecular weight excluding hydrogens is 250 g/mol. The molecule has 0 bridgehead atoms. The van der Waals surface area contributed by atoms with Crippen LogP contribution in [0.5, 0.6) is 0 Å². The number of fused-ring (bicyclic) bond motifs is 1. The van der Waals surface area contributed by atoms with Crippen LogP contribution in [0.4, 0.5) is 0 Å². The predicted molar refractivity (Wildman–Crippen MR) is 78.6 cm³/mol. The molecule has 2 aromatic rings. The van der Waals surface area contributed by atoms with Gasteiger partial charge in [-0.25, -0.2) is 4.98 Å². The summed E-state index contributed by atoms with van der Waals surface area (Å²) in [5.41, 5.74) is 1.80. The van der Waals surface area contributed by atoms with Crippen molar-refractivity contribution in [1.82, 2.24) is 14.5 Å². The van der Waals surface area contributed by atoms with Crippen LogP contribution >= 0.6 is 0 Å². The van der Waals surface area contributed by atoms with Gasteiger partial charge in [0.1, 0.15) is 5.82 Å². The number of rotatable bonds is 2. The molecule has 1 aliphatic heterocycles. The van der Waals surface area contributed by atoms with Gasteiger partial charge in [-0.05, 0) is 31.4 Å². The Hall–Kier alpha value is -1.97. The third-order valence-corrected chi connectivity index (χ3v) is 4.06. The standard InChI is InChI=1S/C16H19N3O/c1-2-12-5-3-4-10-19-15(20)11-14(18-16(12)19)13-6-8-17-9-7-13/h6-9,11-12H,2-5,10H2,1H3. The normalized spacial score (nSPS) is 18.4. The zero-order valence-corrected chi connectivity index (χ0v) is 11.7. The molecule has 3 rings (SSSR count). The fourth-order valence-corrected chi connectivity index (χ4v) is 2.91. The van der Waals surface area contributed by atoms with Gasteiger partial charge in [-0.3, -0.25) is 14.3 Å². The van der Waals surface area contributed by atoms with Crippen molar-refractivity contribution in [3.8, 4) is 11.3 Å². The molecule has 0 saturated carbocycles. The van der Waals surface area contributed by atoms with Crippen molar-refractivity contribution in [2.24, 2.45) is 0 Å². The van der Waals surface area contributed by atoms with E-state index in [4.69, 9.17) is 4.98 Å². The number of pyridine rings is 1. The quantitative estimate of drug-likeness (QED) is 0.842. The Kier molecular flexibility index (Phi) is 3.63. The fourth-order valence-electron chi connectivity index (χ4n) is 2.91. The Morgan fingerprint density at radius 1 is 1.30 bits per heavy atom. The lowest BCUT2D eigenvalue weighted by Gasteiger charge is -2.16. The van der Waals surface area contributed by atoms with E-state index in [1.165, 1.54) is 6.42 Å². The second-order valence-corrected chi connectivity index (χ2v) is 5.33. The van der Waals surface area contributed by atoms with Crippen LogP contribution in [0.3, 0.4) is 0 Å². The van der Waals surface area contributed by atoms with E-state index in [0.717, 1.165) is 42.9 Å². The number of aromatic nitrogens is 3. The molecule has 20 heavy (non-hydrogen) atoms. The second-order valence-electron chi connectivity index (χ2n) is 5.33. The van der Waals surface area contributed by atoms with Crippen LogP contribution in [0.15, 0.2) is 35.4 Å². The van der Waals surface area contributed by atoms with Crippen molar-refractivity contribution < 1.29 is 0 Å². The van der Waals surface area contributed by atoms with E-state index in [9.17, 15) is 4.79 Å². The Morgan fingerprint density at radius 3 is 2.85 bits per heavy atom. The first-order valence-corrected chi connectivity index (χ1v) is 7.31. The van der Waals surface area contributed by atoms with Crippen LogP contribution in [0.25, 0.3) is 11.3 Å². The van der Waals surface area contributed by atoms with E-state index in [0.29, 0.717) is 5.92 Å². The monoisotopic (exact) mass is 269 g/mol. The molecule has 0 radical (unpaired) electrons. The molecule has 2 aromatic heterocycles. The maximum absolute atomic E-state index is 12.4. The topological polar surface area (TPSA) is 47.8 Å². The molecule has 4 heteroatoms. The Bertz CT molecular complexity index is 649.